The van der Waals surface area contributed by atoms with E-state index in [1.165, 1.54) is 5.56 Å². The number of hydrogen-bond donors (Lipinski definition) is 1. The van der Waals surface area contributed by atoms with Crippen molar-refractivity contribution >= 4 is 15.9 Å². The molecule has 1 aliphatic heterocycles. The lowest BCUT2D eigenvalue weighted by atomic mass is 9.81. The molecular formula is C17H26BrNO2. The standard InChI is InChI=1S/C17H26BrNO2/c1-12(2)11-19-6-5-17(3,4)13-9-15-16(10-14(13)18)21-8-7-20-15/h9-10,12,19H,5-8,11H2,1-4H3. The Bertz CT molecular complexity index is 486. The lowest BCUT2D eigenvalue weighted by Gasteiger charge is -2.29. The molecule has 0 amide bonds. The second-order valence-corrected chi connectivity index (χ2v) is 7.56. The molecule has 4 heteroatoms. The van der Waals surface area contributed by atoms with Gasteiger partial charge in [0.15, 0.2) is 11.5 Å². The van der Waals surface area contributed by atoms with Gasteiger partial charge in [-0.1, -0.05) is 43.6 Å². The maximum atomic E-state index is 5.71. The number of benzene rings is 1. The van der Waals surface area contributed by atoms with E-state index < -0.39 is 0 Å². The minimum absolute atomic E-state index is 0.0820. The smallest absolute Gasteiger partial charge is 0.162 e. The predicted octanol–water partition coefficient (Wildman–Crippen LogP) is 4.13. The normalized spacial score (nSPS) is 14.6. The molecule has 3 nitrogen and oxygen atoms in total. The fourth-order valence-corrected chi connectivity index (χ4v) is 3.37. The van der Waals surface area contributed by atoms with Crippen LogP contribution in [0.5, 0.6) is 11.5 Å². The Morgan fingerprint density at radius 1 is 1.19 bits per heavy atom. The monoisotopic (exact) mass is 355 g/mol. The molecule has 1 heterocycles. The first-order valence-corrected chi connectivity index (χ1v) is 8.50. The van der Waals surface area contributed by atoms with Gasteiger partial charge in [-0.25, -0.2) is 0 Å². The minimum Gasteiger partial charge on any atom is -0.486 e. The highest BCUT2D eigenvalue weighted by atomic mass is 79.9. The molecular weight excluding hydrogens is 330 g/mol. The second kappa shape index (κ2) is 7.01. The summed E-state index contributed by atoms with van der Waals surface area (Å²) in [5.41, 5.74) is 1.36. The van der Waals surface area contributed by atoms with Gasteiger partial charge in [0.05, 0.1) is 0 Å². The van der Waals surface area contributed by atoms with Crippen LogP contribution in [0.15, 0.2) is 16.6 Å². The zero-order valence-corrected chi connectivity index (χ0v) is 15.0. The summed E-state index contributed by atoms with van der Waals surface area (Å²) < 4.78 is 12.4. The van der Waals surface area contributed by atoms with E-state index in [2.05, 4.69) is 55.0 Å². The number of halogens is 1. The van der Waals surface area contributed by atoms with Crippen molar-refractivity contribution in [2.75, 3.05) is 26.3 Å². The second-order valence-electron chi connectivity index (χ2n) is 6.71. The summed E-state index contributed by atoms with van der Waals surface area (Å²) in [5.74, 6) is 2.39. The molecule has 1 N–H and O–H groups in total. The topological polar surface area (TPSA) is 30.5 Å². The summed E-state index contributed by atoms with van der Waals surface area (Å²) in [6.07, 6.45) is 1.08. The fourth-order valence-electron chi connectivity index (χ4n) is 2.51. The van der Waals surface area contributed by atoms with Gasteiger partial charge in [-0.15, -0.1) is 0 Å². The van der Waals surface area contributed by atoms with Crippen molar-refractivity contribution in [2.24, 2.45) is 5.92 Å². The van der Waals surface area contributed by atoms with E-state index in [0.29, 0.717) is 19.1 Å². The van der Waals surface area contributed by atoms with Crippen LogP contribution < -0.4 is 14.8 Å². The molecule has 21 heavy (non-hydrogen) atoms. The molecule has 0 saturated heterocycles. The van der Waals surface area contributed by atoms with Crippen molar-refractivity contribution in [3.8, 4) is 11.5 Å². The first kappa shape index (κ1) is 16.6. The van der Waals surface area contributed by atoms with Gasteiger partial charge >= 0.3 is 0 Å². The SMILES string of the molecule is CC(C)CNCCC(C)(C)c1cc2c(cc1Br)OCCO2. The number of nitrogens with one attached hydrogen (secondary N) is 1. The molecule has 1 aromatic carbocycles. The third-order valence-corrected chi connectivity index (χ3v) is 4.50. The maximum absolute atomic E-state index is 5.71. The van der Waals surface area contributed by atoms with E-state index in [1.54, 1.807) is 0 Å². The van der Waals surface area contributed by atoms with Gasteiger partial charge in [-0.2, -0.15) is 0 Å². The minimum atomic E-state index is 0.0820. The molecule has 1 aromatic rings. The first-order valence-electron chi connectivity index (χ1n) is 7.70. The van der Waals surface area contributed by atoms with Gasteiger partial charge in [-0.05, 0) is 48.5 Å². The van der Waals surface area contributed by atoms with Crippen LogP contribution in [-0.4, -0.2) is 26.3 Å². The van der Waals surface area contributed by atoms with Gasteiger partial charge in [0.1, 0.15) is 13.2 Å². The number of hydrogen-bond acceptors (Lipinski definition) is 3. The molecule has 0 aromatic heterocycles. The predicted molar refractivity (Wildman–Crippen MR) is 90.5 cm³/mol. The van der Waals surface area contributed by atoms with Crippen LogP contribution in [0.2, 0.25) is 0 Å². The van der Waals surface area contributed by atoms with Gasteiger partial charge in [0.25, 0.3) is 0 Å². The number of ether oxygens (including phenoxy) is 2. The van der Waals surface area contributed by atoms with Crippen LogP contribution in [0.1, 0.15) is 39.7 Å². The van der Waals surface area contributed by atoms with Crippen LogP contribution in [0.25, 0.3) is 0 Å². The van der Waals surface area contributed by atoms with Crippen LogP contribution in [0.4, 0.5) is 0 Å². The molecule has 0 fully saturated rings. The van der Waals surface area contributed by atoms with Crippen LogP contribution >= 0.6 is 15.9 Å². The highest BCUT2D eigenvalue weighted by Gasteiger charge is 2.26. The van der Waals surface area contributed by atoms with Crippen molar-refractivity contribution in [1.29, 1.82) is 0 Å². The summed E-state index contributed by atoms with van der Waals surface area (Å²) in [6.45, 7) is 12.4. The van der Waals surface area contributed by atoms with E-state index in [0.717, 1.165) is 35.5 Å². The summed E-state index contributed by atoms with van der Waals surface area (Å²) in [4.78, 5) is 0. The van der Waals surface area contributed by atoms with Gasteiger partial charge < -0.3 is 14.8 Å². The van der Waals surface area contributed by atoms with Crippen molar-refractivity contribution in [3.63, 3.8) is 0 Å². The summed E-state index contributed by atoms with van der Waals surface area (Å²) in [6, 6.07) is 4.16. The molecule has 0 radical (unpaired) electrons. The number of fused-ring (bicyclic) bond motifs is 1. The Kier molecular flexibility index (Phi) is 5.55. The quantitative estimate of drug-likeness (QED) is 0.778. The largest absolute Gasteiger partial charge is 0.486 e. The van der Waals surface area contributed by atoms with Gasteiger partial charge in [-0.3, -0.25) is 0 Å². The maximum Gasteiger partial charge on any atom is 0.162 e. The van der Waals surface area contributed by atoms with Crippen LogP contribution in [0, 0.1) is 5.92 Å². The molecule has 0 atom stereocenters. The molecule has 0 unspecified atom stereocenters. The summed E-state index contributed by atoms with van der Waals surface area (Å²) in [7, 11) is 0. The average Bonchev–Trinajstić information content (AvgIpc) is 2.42. The molecule has 0 saturated carbocycles. The lowest BCUT2D eigenvalue weighted by molar-refractivity contribution is 0.171. The van der Waals surface area contributed by atoms with Crippen molar-refractivity contribution in [2.45, 2.75) is 39.5 Å². The first-order chi connectivity index (χ1) is 9.90. The van der Waals surface area contributed by atoms with Gasteiger partial charge in [0, 0.05) is 4.47 Å². The Labute approximate surface area is 136 Å². The van der Waals surface area contributed by atoms with Crippen molar-refractivity contribution in [1.82, 2.24) is 5.32 Å². The molecule has 118 valence electrons. The fraction of sp³-hybridized carbons (Fsp3) is 0.647. The van der Waals surface area contributed by atoms with Gasteiger partial charge in [0.2, 0.25) is 0 Å². The van der Waals surface area contributed by atoms with E-state index in [9.17, 15) is 0 Å². The molecule has 0 spiro atoms. The zero-order chi connectivity index (χ0) is 15.5. The van der Waals surface area contributed by atoms with Crippen LogP contribution in [-0.2, 0) is 5.41 Å². The van der Waals surface area contributed by atoms with Crippen molar-refractivity contribution in [3.05, 3.63) is 22.2 Å². The Morgan fingerprint density at radius 2 is 1.81 bits per heavy atom. The van der Waals surface area contributed by atoms with Crippen LogP contribution in [0.3, 0.4) is 0 Å². The molecule has 2 rings (SSSR count). The third-order valence-electron chi connectivity index (χ3n) is 3.84. The summed E-state index contributed by atoms with van der Waals surface area (Å²) >= 11 is 3.69. The van der Waals surface area contributed by atoms with E-state index in [4.69, 9.17) is 9.47 Å². The third kappa shape index (κ3) is 4.36. The molecule has 1 aliphatic rings. The number of rotatable bonds is 6. The highest BCUT2D eigenvalue weighted by Crippen LogP contribution is 2.41. The zero-order valence-electron chi connectivity index (χ0n) is 13.5. The van der Waals surface area contributed by atoms with E-state index in [1.807, 2.05) is 6.07 Å². The van der Waals surface area contributed by atoms with E-state index in [-0.39, 0.29) is 5.41 Å². The van der Waals surface area contributed by atoms with E-state index >= 15 is 0 Å². The summed E-state index contributed by atoms with van der Waals surface area (Å²) in [5, 5.41) is 3.52. The Morgan fingerprint density at radius 3 is 2.43 bits per heavy atom. The van der Waals surface area contributed by atoms with Crippen molar-refractivity contribution < 1.29 is 9.47 Å². The molecule has 0 bridgehead atoms. The average molecular weight is 356 g/mol. The lowest BCUT2D eigenvalue weighted by Crippen LogP contribution is -2.28. The molecule has 0 aliphatic carbocycles. The highest BCUT2D eigenvalue weighted by molar-refractivity contribution is 9.10. The Hall–Kier alpha value is -0.740. The Balaban J connectivity index is 2.08.